The SMILES string of the molecule is CC1NC(C)N(C(C)CS(C)=O)C1=O. The largest absolute Gasteiger partial charge is 0.322 e. The van der Waals surface area contributed by atoms with Gasteiger partial charge in [0.2, 0.25) is 5.91 Å². The molecule has 4 nitrogen and oxygen atoms in total. The van der Waals surface area contributed by atoms with E-state index in [0.29, 0.717) is 5.75 Å². The van der Waals surface area contributed by atoms with Gasteiger partial charge in [-0.15, -0.1) is 0 Å². The van der Waals surface area contributed by atoms with E-state index in [1.54, 1.807) is 11.2 Å². The van der Waals surface area contributed by atoms with E-state index in [-0.39, 0.29) is 24.2 Å². The van der Waals surface area contributed by atoms with Gasteiger partial charge in [0, 0.05) is 28.9 Å². The molecular formula is C9H18N2O2S. The number of carbonyl (C=O) groups is 1. The molecule has 0 bridgehead atoms. The Balaban J connectivity index is 2.67. The summed E-state index contributed by atoms with van der Waals surface area (Å²) in [6, 6.07) is -0.0708. The Morgan fingerprint density at radius 2 is 2.14 bits per heavy atom. The standard InChI is InChI=1S/C9H18N2O2S/c1-6(5-14(4)13)11-8(3)10-7(2)9(11)12/h6-8,10H,5H2,1-4H3. The molecule has 4 unspecified atom stereocenters. The summed E-state index contributed by atoms with van der Waals surface area (Å²) in [6.45, 7) is 5.75. The van der Waals surface area contributed by atoms with E-state index in [9.17, 15) is 9.00 Å². The van der Waals surface area contributed by atoms with Crippen molar-refractivity contribution in [2.24, 2.45) is 0 Å². The number of amides is 1. The van der Waals surface area contributed by atoms with E-state index in [0.717, 1.165) is 0 Å². The number of carbonyl (C=O) groups excluding carboxylic acids is 1. The predicted molar refractivity (Wildman–Crippen MR) is 57.3 cm³/mol. The summed E-state index contributed by atoms with van der Waals surface area (Å²) in [5, 5.41) is 3.15. The molecule has 4 atom stereocenters. The first-order valence-corrected chi connectivity index (χ1v) is 6.54. The Kier molecular flexibility index (Phi) is 3.66. The molecule has 1 heterocycles. The van der Waals surface area contributed by atoms with Crippen LogP contribution in [-0.4, -0.2) is 45.3 Å². The van der Waals surface area contributed by atoms with Crippen LogP contribution in [0.1, 0.15) is 20.8 Å². The summed E-state index contributed by atoms with van der Waals surface area (Å²) < 4.78 is 11.1. The van der Waals surface area contributed by atoms with Crippen molar-refractivity contribution in [3.63, 3.8) is 0 Å². The smallest absolute Gasteiger partial charge is 0.240 e. The Morgan fingerprint density at radius 1 is 1.57 bits per heavy atom. The molecular weight excluding hydrogens is 200 g/mol. The normalized spacial score (nSPS) is 32.0. The molecule has 1 N–H and O–H groups in total. The van der Waals surface area contributed by atoms with Crippen LogP contribution in [0.3, 0.4) is 0 Å². The fourth-order valence-electron chi connectivity index (χ4n) is 1.95. The third kappa shape index (κ3) is 2.33. The first-order chi connectivity index (χ1) is 6.43. The molecule has 0 spiro atoms. The summed E-state index contributed by atoms with van der Waals surface area (Å²) in [7, 11) is -0.854. The molecule has 0 aromatic rings. The molecule has 1 aliphatic rings. The molecule has 0 saturated carbocycles. The Hall–Kier alpha value is -0.420. The van der Waals surface area contributed by atoms with Crippen LogP contribution >= 0.6 is 0 Å². The number of hydrogen-bond acceptors (Lipinski definition) is 3. The second-order valence-corrected chi connectivity index (χ2v) is 5.38. The Labute approximate surface area is 87.5 Å². The van der Waals surface area contributed by atoms with Crippen molar-refractivity contribution in [1.29, 1.82) is 0 Å². The van der Waals surface area contributed by atoms with Gasteiger partial charge < -0.3 is 4.90 Å². The molecule has 1 aliphatic heterocycles. The number of rotatable bonds is 3. The van der Waals surface area contributed by atoms with Gasteiger partial charge in [0.1, 0.15) is 0 Å². The van der Waals surface area contributed by atoms with Gasteiger partial charge >= 0.3 is 0 Å². The molecule has 5 heteroatoms. The molecule has 0 aliphatic carbocycles. The van der Waals surface area contributed by atoms with Crippen LogP contribution < -0.4 is 5.32 Å². The summed E-state index contributed by atoms with van der Waals surface area (Å²) >= 11 is 0. The Morgan fingerprint density at radius 3 is 2.50 bits per heavy atom. The zero-order valence-corrected chi connectivity index (χ0v) is 9.93. The average Bonchev–Trinajstić information content (AvgIpc) is 2.25. The first kappa shape index (κ1) is 11.7. The molecule has 1 rings (SSSR count). The Bertz CT molecular complexity index is 257. The van der Waals surface area contributed by atoms with Crippen molar-refractivity contribution in [3.8, 4) is 0 Å². The van der Waals surface area contributed by atoms with E-state index in [2.05, 4.69) is 5.32 Å². The second-order valence-electron chi connectivity index (χ2n) is 3.90. The number of nitrogens with zero attached hydrogens (tertiary/aromatic N) is 1. The maximum Gasteiger partial charge on any atom is 0.240 e. The third-order valence-corrected chi connectivity index (χ3v) is 3.44. The summed E-state index contributed by atoms with van der Waals surface area (Å²) in [5.41, 5.74) is 0. The molecule has 14 heavy (non-hydrogen) atoms. The minimum atomic E-state index is -0.854. The highest BCUT2D eigenvalue weighted by atomic mass is 32.2. The van der Waals surface area contributed by atoms with Gasteiger partial charge in [0.15, 0.2) is 0 Å². The van der Waals surface area contributed by atoms with Gasteiger partial charge in [-0.25, -0.2) is 0 Å². The van der Waals surface area contributed by atoms with Crippen molar-refractivity contribution in [2.75, 3.05) is 12.0 Å². The second kappa shape index (κ2) is 4.40. The zero-order chi connectivity index (χ0) is 10.9. The molecule has 82 valence electrons. The third-order valence-electron chi connectivity index (χ3n) is 2.48. The van der Waals surface area contributed by atoms with Crippen molar-refractivity contribution in [1.82, 2.24) is 10.2 Å². The quantitative estimate of drug-likeness (QED) is 0.721. The maximum absolute atomic E-state index is 11.7. The van der Waals surface area contributed by atoms with Crippen LogP contribution in [0.5, 0.6) is 0 Å². The highest BCUT2D eigenvalue weighted by Crippen LogP contribution is 2.14. The highest BCUT2D eigenvalue weighted by molar-refractivity contribution is 7.84. The van der Waals surface area contributed by atoms with Gasteiger partial charge in [-0.2, -0.15) is 0 Å². The average molecular weight is 218 g/mol. The van der Waals surface area contributed by atoms with Gasteiger partial charge in [-0.1, -0.05) is 0 Å². The van der Waals surface area contributed by atoms with E-state index in [1.165, 1.54) is 0 Å². The lowest BCUT2D eigenvalue weighted by Crippen LogP contribution is -2.44. The molecule has 1 amide bonds. The van der Waals surface area contributed by atoms with Crippen LogP contribution in [0.25, 0.3) is 0 Å². The lowest BCUT2D eigenvalue weighted by atomic mass is 10.3. The fraction of sp³-hybridized carbons (Fsp3) is 0.889. The van der Waals surface area contributed by atoms with Crippen LogP contribution in [0.2, 0.25) is 0 Å². The topological polar surface area (TPSA) is 49.4 Å². The minimum Gasteiger partial charge on any atom is -0.322 e. The van der Waals surface area contributed by atoms with Crippen molar-refractivity contribution in [2.45, 2.75) is 39.0 Å². The number of nitrogens with one attached hydrogen (secondary N) is 1. The highest BCUT2D eigenvalue weighted by Gasteiger charge is 2.36. The van der Waals surface area contributed by atoms with E-state index < -0.39 is 10.8 Å². The van der Waals surface area contributed by atoms with E-state index >= 15 is 0 Å². The van der Waals surface area contributed by atoms with Crippen LogP contribution in [0.4, 0.5) is 0 Å². The van der Waals surface area contributed by atoms with Gasteiger partial charge in [0.25, 0.3) is 0 Å². The first-order valence-electron chi connectivity index (χ1n) is 4.81. The van der Waals surface area contributed by atoms with Gasteiger partial charge in [-0.3, -0.25) is 14.3 Å². The van der Waals surface area contributed by atoms with Crippen molar-refractivity contribution in [3.05, 3.63) is 0 Å². The van der Waals surface area contributed by atoms with Crippen LogP contribution in [0, 0.1) is 0 Å². The lowest BCUT2D eigenvalue weighted by molar-refractivity contribution is -0.131. The van der Waals surface area contributed by atoms with Crippen molar-refractivity contribution < 1.29 is 9.00 Å². The van der Waals surface area contributed by atoms with E-state index in [4.69, 9.17) is 0 Å². The monoisotopic (exact) mass is 218 g/mol. The summed E-state index contributed by atoms with van der Waals surface area (Å²) in [4.78, 5) is 13.5. The lowest BCUT2D eigenvalue weighted by Gasteiger charge is -2.27. The summed E-state index contributed by atoms with van der Waals surface area (Å²) in [6.07, 6.45) is 1.72. The molecule has 1 fully saturated rings. The summed E-state index contributed by atoms with van der Waals surface area (Å²) in [5.74, 6) is 0.653. The molecule has 0 aromatic heterocycles. The van der Waals surface area contributed by atoms with Gasteiger partial charge in [0.05, 0.1) is 12.2 Å². The fourth-order valence-corrected chi connectivity index (χ4v) is 2.79. The molecule has 0 aromatic carbocycles. The molecule has 1 saturated heterocycles. The minimum absolute atomic E-state index is 0.0424. The maximum atomic E-state index is 11.7. The molecule has 0 radical (unpaired) electrons. The predicted octanol–water partition coefficient (Wildman–Crippen LogP) is -0.0803. The van der Waals surface area contributed by atoms with Crippen molar-refractivity contribution >= 4 is 16.7 Å². The van der Waals surface area contributed by atoms with Gasteiger partial charge in [-0.05, 0) is 20.8 Å². The van der Waals surface area contributed by atoms with E-state index in [1.807, 2.05) is 20.8 Å². The van der Waals surface area contributed by atoms with Crippen LogP contribution in [0.15, 0.2) is 0 Å². The van der Waals surface area contributed by atoms with Crippen LogP contribution in [-0.2, 0) is 15.6 Å². The number of hydrogen-bond donors (Lipinski definition) is 1. The zero-order valence-electron chi connectivity index (χ0n) is 9.11.